The largest absolute Gasteiger partial charge is 0.481 e. The summed E-state index contributed by atoms with van der Waals surface area (Å²) in [6, 6.07) is 3.52. The van der Waals surface area contributed by atoms with Gasteiger partial charge in [-0.15, -0.1) is 6.58 Å². The van der Waals surface area contributed by atoms with Crippen molar-refractivity contribution >= 4 is 6.03 Å². The molecule has 2 amide bonds. The van der Waals surface area contributed by atoms with E-state index >= 15 is 0 Å². The predicted octanol–water partition coefficient (Wildman–Crippen LogP) is 1.38. The van der Waals surface area contributed by atoms with E-state index in [9.17, 15) is 4.79 Å². The minimum atomic E-state index is -0.243. The van der Waals surface area contributed by atoms with Gasteiger partial charge in [-0.05, 0) is 13.0 Å². The van der Waals surface area contributed by atoms with Crippen molar-refractivity contribution < 1.29 is 9.53 Å². The van der Waals surface area contributed by atoms with Crippen LogP contribution in [0.25, 0.3) is 0 Å². The maximum absolute atomic E-state index is 11.3. The van der Waals surface area contributed by atoms with Gasteiger partial charge in [-0.3, -0.25) is 0 Å². The Morgan fingerprint density at radius 1 is 1.53 bits per heavy atom. The molecule has 92 valence electrons. The quantitative estimate of drug-likeness (QED) is 0.758. The highest BCUT2D eigenvalue weighted by Gasteiger charge is 2.06. The van der Waals surface area contributed by atoms with Crippen LogP contribution in [0.5, 0.6) is 5.88 Å². The normalized spacial score (nSPS) is 9.53. The van der Waals surface area contributed by atoms with Crippen LogP contribution in [0.15, 0.2) is 24.8 Å². The monoisotopic (exact) mass is 235 g/mol. The summed E-state index contributed by atoms with van der Waals surface area (Å²) in [5, 5.41) is 5.33. The molecule has 0 radical (unpaired) electrons. The topological polar surface area (TPSA) is 63.2 Å². The van der Waals surface area contributed by atoms with Gasteiger partial charge >= 0.3 is 6.03 Å². The summed E-state index contributed by atoms with van der Waals surface area (Å²) in [6.45, 7) is 6.21. The van der Waals surface area contributed by atoms with Crippen LogP contribution in [0.1, 0.15) is 11.3 Å². The molecule has 0 unspecified atom stereocenters. The van der Waals surface area contributed by atoms with E-state index in [0.717, 1.165) is 11.3 Å². The first-order chi connectivity index (χ1) is 8.17. The lowest BCUT2D eigenvalue weighted by atomic mass is 10.2. The van der Waals surface area contributed by atoms with Gasteiger partial charge in [0, 0.05) is 24.3 Å². The highest BCUT2D eigenvalue weighted by molar-refractivity contribution is 5.74. The summed E-state index contributed by atoms with van der Waals surface area (Å²) < 4.78 is 5.14. The number of pyridine rings is 1. The van der Waals surface area contributed by atoms with Crippen LogP contribution in [-0.2, 0) is 6.54 Å². The molecule has 0 bridgehead atoms. The van der Waals surface area contributed by atoms with Crippen LogP contribution < -0.4 is 15.4 Å². The molecule has 0 spiro atoms. The highest BCUT2D eigenvalue weighted by atomic mass is 16.5. The Bertz CT molecular complexity index is 405. The van der Waals surface area contributed by atoms with Crippen molar-refractivity contribution in [3.05, 3.63) is 36.0 Å². The van der Waals surface area contributed by atoms with E-state index in [-0.39, 0.29) is 6.03 Å². The fourth-order valence-electron chi connectivity index (χ4n) is 1.28. The van der Waals surface area contributed by atoms with E-state index in [2.05, 4.69) is 22.2 Å². The number of methoxy groups -OCH3 is 1. The highest BCUT2D eigenvalue weighted by Crippen LogP contribution is 2.14. The van der Waals surface area contributed by atoms with Crippen LogP contribution >= 0.6 is 0 Å². The molecule has 17 heavy (non-hydrogen) atoms. The Morgan fingerprint density at radius 2 is 2.29 bits per heavy atom. The summed E-state index contributed by atoms with van der Waals surface area (Å²) in [7, 11) is 1.56. The first kappa shape index (κ1) is 13.0. The summed E-state index contributed by atoms with van der Waals surface area (Å²) in [5.74, 6) is 0.536. The lowest BCUT2D eigenvalue weighted by Gasteiger charge is -2.09. The van der Waals surface area contributed by atoms with E-state index < -0.39 is 0 Å². The molecule has 1 aromatic rings. The minimum absolute atomic E-state index is 0.243. The zero-order chi connectivity index (χ0) is 12.7. The zero-order valence-electron chi connectivity index (χ0n) is 10.1. The third-order valence-electron chi connectivity index (χ3n) is 2.12. The van der Waals surface area contributed by atoms with Crippen LogP contribution in [-0.4, -0.2) is 24.7 Å². The van der Waals surface area contributed by atoms with Crippen molar-refractivity contribution in [1.82, 2.24) is 15.6 Å². The van der Waals surface area contributed by atoms with E-state index in [1.807, 2.05) is 19.1 Å². The first-order valence-corrected chi connectivity index (χ1v) is 5.30. The van der Waals surface area contributed by atoms with Crippen molar-refractivity contribution in [3.63, 3.8) is 0 Å². The van der Waals surface area contributed by atoms with Gasteiger partial charge in [0.2, 0.25) is 5.88 Å². The summed E-state index contributed by atoms with van der Waals surface area (Å²) >= 11 is 0. The predicted molar refractivity (Wildman–Crippen MR) is 66.0 cm³/mol. The molecule has 1 aromatic heterocycles. The molecule has 0 aromatic carbocycles. The van der Waals surface area contributed by atoms with Crippen molar-refractivity contribution in [2.75, 3.05) is 13.7 Å². The summed E-state index contributed by atoms with van der Waals surface area (Å²) in [4.78, 5) is 15.5. The Kier molecular flexibility index (Phi) is 5.00. The summed E-state index contributed by atoms with van der Waals surface area (Å²) in [6.07, 6.45) is 1.62. The number of carbonyl (C=O) groups is 1. The number of hydrogen-bond donors (Lipinski definition) is 2. The van der Waals surface area contributed by atoms with Gasteiger partial charge in [0.05, 0.1) is 7.11 Å². The number of aromatic nitrogens is 1. The second-order valence-electron chi connectivity index (χ2n) is 3.47. The second kappa shape index (κ2) is 6.52. The van der Waals surface area contributed by atoms with Gasteiger partial charge in [-0.2, -0.15) is 0 Å². The lowest BCUT2D eigenvalue weighted by Crippen LogP contribution is -2.35. The standard InChI is InChI=1S/C12H17N3O2/c1-4-7-13-12(16)14-8-10-6-5-9(2)15-11(10)17-3/h4-6H,1,7-8H2,2-3H3,(H2,13,14,16). The van der Waals surface area contributed by atoms with Gasteiger partial charge < -0.3 is 15.4 Å². The van der Waals surface area contributed by atoms with E-state index in [0.29, 0.717) is 19.0 Å². The Hall–Kier alpha value is -2.04. The van der Waals surface area contributed by atoms with Crippen molar-refractivity contribution in [1.29, 1.82) is 0 Å². The number of ether oxygens (including phenoxy) is 1. The molecular formula is C12H17N3O2. The number of hydrogen-bond acceptors (Lipinski definition) is 3. The third kappa shape index (κ3) is 4.14. The number of urea groups is 1. The maximum Gasteiger partial charge on any atom is 0.315 e. The van der Waals surface area contributed by atoms with E-state index in [1.54, 1.807) is 13.2 Å². The number of aryl methyl sites for hydroxylation is 1. The van der Waals surface area contributed by atoms with Crippen molar-refractivity contribution in [2.24, 2.45) is 0 Å². The van der Waals surface area contributed by atoms with Crippen molar-refractivity contribution in [3.8, 4) is 5.88 Å². The number of nitrogens with zero attached hydrogens (tertiary/aromatic N) is 1. The lowest BCUT2D eigenvalue weighted by molar-refractivity contribution is 0.241. The maximum atomic E-state index is 11.3. The SMILES string of the molecule is C=CCNC(=O)NCc1ccc(C)nc1OC. The molecule has 0 saturated carbocycles. The van der Waals surface area contributed by atoms with E-state index in [1.165, 1.54) is 0 Å². The molecule has 0 atom stereocenters. The van der Waals surface area contributed by atoms with Gasteiger partial charge in [0.15, 0.2) is 0 Å². The van der Waals surface area contributed by atoms with Gasteiger partial charge in [0.25, 0.3) is 0 Å². The van der Waals surface area contributed by atoms with Crippen LogP contribution in [0.3, 0.4) is 0 Å². The zero-order valence-corrected chi connectivity index (χ0v) is 10.1. The van der Waals surface area contributed by atoms with Crippen LogP contribution in [0.2, 0.25) is 0 Å². The first-order valence-electron chi connectivity index (χ1n) is 5.30. The fourth-order valence-corrected chi connectivity index (χ4v) is 1.28. The molecule has 5 heteroatoms. The molecule has 2 N–H and O–H groups in total. The Labute approximate surface area is 101 Å². The molecule has 0 aliphatic rings. The molecule has 0 saturated heterocycles. The summed E-state index contributed by atoms with van der Waals surface area (Å²) in [5.41, 5.74) is 1.72. The van der Waals surface area contributed by atoms with Gasteiger partial charge in [0.1, 0.15) is 0 Å². The Balaban J connectivity index is 2.56. The number of amides is 2. The molecule has 1 rings (SSSR count). The van der Waals surface area contributed by atoms with Gasteiger partial charge in [-0.1, -0.05) is 12.1 Å². The average Bonchev–Trinajstić information content (AvgIpc) is 2.34. The minimum Gasteiger partial charge on any atom is -0.481 e. The van der Waals surface area contributed by atoms with Gasteiger partial charge in [-0.25, -0.2) is 9.78 Å². The number of carbonyl (C=O) groups excluding carboxylic acids is 1. The number of rotatable bonds is 5. The van der Waals surface area contributed by atoms with E-state index in [4.69, 9.17) is 4.74 Å². The smallest absolute Gasteiger partial charge is 0.315 e. The molecule has 5 nitrogen and oxygen atoms in total. The molecule has 0 aliphatic carbocycles. The Morgan fingerprint density at radius 3 is 2.94 bits per heavy atom. The fraction of sp³-hybridized carbons (Fsp3) is 0.333. The molecular weight excluding hydrogens is 218 g/mol. The number of nitrogens with one attached hydrogen (secondary N) is 2. The molecule has 0 fully saturated rings. The van der Waals surface area contributed by atoms with Crippen LogP contribution in [0.4, 0.5) is 4.79 Å². The second-order valence-corrected chi connectivity index (χ2v) is 3.47. The van der Waals surface area contributed by atoms with Crippen molar-refractivity contribution in [2.45, 2.75) is 13.5 Å². The molecule has 1 heterocycles. The van der Waals surface area contributed by atoms with Crippen LogP contribution in [0, 0.1) is 6.92 Å². The molecule has 0 aliphatic heterocycles. The third-order valence-corrected chi connectivity index (χ3v) is 2.12. The average molecular weight is 235 g/mol.